The van der Waals surface area contributed by atoms with Gasteiger partial charge in [-0.05, 0) is 46.3 Å². The number of hydrogen-bond donors (Lipinski definition) is 1. The van der Waals surface area contributed by atoms with E-state index in [1.165, 1.54) is 32.4 Å². The van der Waals surface area contributed by atoms with Gasteiger partial charge in [0.05, 0.1) is 0 Å². The maximum Gasteiger partial charge on any atom is 0.0214 e. The quantitative estimate of drug-likeness (QED) is 0.541. The van der Waals surface area contributed by atoms with E-state index in [1.807, 2.05) is 6.92 Å². The highest BCUT2D eigenvalue weighted by Crippen LogP contribution is 2.09. The molecule has 0 aliphatic carbocycles. The van der Waals surface area contributed by atoms with Crippen LogP contribution in [0.5, 0.6) is 0 Å². The average molecular weight is 194 g/mol. The van der Waals surface area contributed by atoms with Crippen LogP contribution in [0, 0.1) is 11.8 Å². The molecule has 0 amide bonds. The topological polar surface area (TPSA) is 15.3 Å². The van der Waals surface area contributed by atoms with Crippen LogP contribution in [0.15, 0.2) is 0 Å². The van der Waals surface area contributed by atoms with E-state index in [1.54, 1.807) is 0 Å². The smallest absolute Gasteiger partial charge is 0.0214 e. The first kappa shape index (κ1) is 11.6. The molecular formula is C12H22N2. The Bertz CT molecular complexity index is 202. The minimum absolute atomic E-state index is 0.721. The summed E-state index contributed by atoms with van der Waals surface area (Å²) in [5.41, 5.74) is 0. The molecule has 0 radical (unpaired) electrons. The van der Waals surface area contributed by atoms with Crippen LogP contribution in [0.4, 0.5) is 0 Å². The molecule has 1 aliphatic heterocycles. The summed E-state index contributed by atoms with van der Waals surface area (Å²) in [5.74, 6) is 6.02. The summed E-state index contributed by atoms with van der Waals surface area (Å²) in [6.45, 7) is 5.44. The second-order valence-electron chi connectivity index (χ2n) is 4.06. The van der Waals surface area contributed by atoms with Crippen LogP contribution in [0.2, 0.25) is 0 Å². The van der Waals surface area contributed by atoms with Gasteiger partial charge >= 0.3 is 0 Å². The molecular weight excluding hydrogens is 172 g/mol. The van der Waals surface area contributed by atoms with E-state index >= 15 is 0 Å². The number of likely N-dealkylation sites (tertiary alicyclic amines) is 1. The van der Waals surface area contributed by atoms with Crippen molar-refractivity contribution < 1.29 is 0 Å². The van der Waals surface area contributed by atoms with E-state index < -0.39 is 0 Å². The first-order chi connectivity index (χ1) is 6.83. The molecule has 1 fully saturated rings. The predicted molar refractivity (Wildman–Crippen MR) is 61.2 cm³/mol. The van der Waals surface area contributed by atoms with E-state index in [0.717, 1.165) is 19.0 Å². The van der Waals surface area contributed by atoms with Gasteiger partial charge in [-0.1, -0.05) is 0 Å². The highest BCUT2D eigenvalue weighted by molar-refractivity contribution is 4.95. The van der Waals surface area contributed by atoms with Crippen molar-refractivity contribution in [3.8, 4) is 11.8 Å². The monoisotopic (exact) mass is 194 g/mol. The zero-order chi connectivity index (χ0) is 10.2. The molecule has 1 atom stereocenters. The van der Waals surface area contributed by atoms with E-state index in [4.69, 9.17) is 0 Å². The van der Waals surface area contributed by atoms with Crippen LogP contribution in [0.3, 0.4) is 0 Å². The normalized spacial score (nSPS) is 23.7. The van der Waals surface area contributed by atoms with Gasteiger partial charge in [-0.25, -0.2) is 0 Å². The lowest BCUT2D eigenvalue weighted by atomic mass is 10.1. The first-order valence-corrected chi connectivity index (χ1v) is 5.64. The highest BCUT2D eigenvalue weighted by atomic mass is 15.1. The summed E-state index contributed by atoms with van der Waals surface area (Å²) in [5, 5.41) is 3.59. The number of nitrogens with zero attached hydrogens (tertiary/aromatic N) is 1. The second-order valence-corrected chi connectivity index (χ2v) is 4.06. The number of rotatable bonds is 3. The van der Waals surface area contributed by atoms with Crippen molar-refractivity contribution in [3.05, 3.63) is 0 Å². The van der Waals surface area contributed by atoms with Gasteiger partial charge in [0.2, 0.25) is 0 Å². The Balaban J connectivity index is 2.13. The minimum Gasteiger partial charge on any atom is -0.313 e. The molecule has 0 saturated carbocycles. The average Bonchev–Trinajstić information content (AvgIpc) is 2.38. The molecule has 14 heavy (non-hydrogen) atoms. The van der Waals surface area contributed by atoms with Crippen LogP contribution >= 0.6 is 0 Å². The molecule has 1 heterocycles. The second kappa shape index (κ2) is 6.86. The Morgan fingerprint density at radius 2 is 2.21 bits per heavy atom. The Hall–Kier alpha value is -0.520. The fraction of sp³-hybridized carbons (Fsp3) is 0.833. The van der Waals surface area contributed by atoms with Gasteiger partial charge in [-0.15, -0.1) is 11.8 Å². The Morgan fingerprint density at radius 3 is 3.00 bits per heavy atom. The molecule has 1 unspecified atom stereocenters. The molecule has 1 N–H and O–H groups in total. The molecule has 2 nitrogen and oxygen atoms in total. The zero-order valence-electron chi connectivity index (χ0n) is 9.47. The maximum absolute atomic E-state index is 3.59. The maximum atomic E-state index is 3.59. The van der Waals surface area contributed by atoms with Crippen molar-refractivity contribution in [2.45, 2.75) is 38.6 Å². The van der Waals surface area contributed by atoms with Gasteiger partial charge in [-0.3, -0.25) is 0 Å². The molecule has 1 aliphatic rings. The van der Waals surface area contributed by atoms with Crippen LogP contribution in [-0.2, 0) is 0 Å². The lowest BCUT2D eigenvalue weighted by Crippen LogP contribution is -2.30. The van der Waals surface area contributed by atoms with Gasteiger partial charge in [0.25, 0.3) is 0 Å². The Morgan fingerprint density at radius 1 is 1.36 bits per heavy atom. The molecule has 0 aromatic rings. The third-order valence-corrected chi connectivity index (χ3v) is 2.81. The lowest BCUT2D eigenvalue weighted by molar-refractivity contribution is 0.344. The van der Waals surface area contributed by atoms with Crippen molar-refractivity contribution in [2.75, 3.05) is 26.7 Å². The molecule has 0 spiro atoms. The summed E-state index contributed by atoms with van der Waals surface area (Å²) in [6.07, 6.45) is 4.93. The van der Waals surface area contributed by atoms with Crippen molar-refractivity contribution in [2.24, 2.45) is 0 Å². The predicted octanol–water partition coefficient (Wildman–Crippen LogP) is 1.47. The van der Waals surface area contributed by atoms with Crippen LogP contribution in [-0.4, -0.2) is 37.6 Å². The van der Waals surface area contributed by atoms with E-state index in [-0.39, 0.29) is 0 Å². The van der Waals surface area contributed by atoms with Crippen molar-refractivity contribution in [1.29, 1.82) is 0 Å². The summed E-state index contributed by atoms with van der Waals surface area (Å²) in [6, 6.07) is 0.721. The molecule has 80 valence electrons. The van der Waals surface area contributed by atoms with Crippen molar-refractivity contribution in [3.63, 3.8) is 0 Å². The number of nitrogens with one attached hydrogen (secondary N) is 1. The first-order valence-electron chi connectivity index (χ1n) is 5.64. The Kier molecular flexibility index (Phi) is 5.66. The minimum atomic E-state index is 0.721. The van der Waals surface area contributed by atoms with Gasteiger partial charge in [-0.2, -0.15) is 0 Å². The third kappa shape index (κ3) is 4.64. The molecule has 0 bridgehead atoms. The zero-order valence-corrected chi connectivity index (χ0v) is 9.47. The fourth-order valence-electron chi connectivity index (χ4n) is 1.91. The van der Waals surface area contributed by atoms with Crippen molar-refractivity contribution in [1.82, 2.24) is 10.2 Å². The van der Waals surface area contributed by atoms with E-state index in [2.05, 4.69) is 29.1 Å². The summed E-state index contributed by atoms with van der Waals surface area (Å²) >= 11 is 0. The van der Waals surface area contributed by atoms with Gasteiger partial charge in [0, 0.05) is 19.0 Å². The van der Waals surface area contributed by atoms with E-state index in [0.29, 0.717) is 0 Å². The van der Waals surface area contributed by atoms with Gasteiger partial charge < -0.3 is 10.2 Å². The van der Waals surface area contributed by atoms with Gasteiger partial charge in [0.1, 0.15) is 0 Å². The number of hydrogen-bond acceptors (Lipinski definition) is 2. The van der Waals surface area contributed by atoms with Crippen LogP contribution in [0.25, 0.3) is 0 Å². The third-order valence-electron chi connectivity index (χ3n) is 2.81. The molecule has 0 aromatic carbocycles. The molecule has 2 heteroatoms. The van der Waals surface area contributed by atoms with Crippen LogP contribution < -0.4 is 5.32 Å². The standard InChI is InChI=1S/C12H22N2/c1-3-4-5-9-13-12-7-6-10-14(2)11-8-12/h12-13H,5-11H2,1-2H3. The van der Waals surface area contributed by atoms with E-state index in [9.17, 15) is 0 Å². The molecule has 1 rings (SSSR count). The highest BCUT2D eigenvalue weighted by Gasteiger charge is 2.13. The largest absolute Gasteiger partial charge is 0.313 e. The van der Waals surface area contributed by atoms with Crippen LogP contribution in [0.1, 0.15) is 32.6 Å². The summed E-state index contributed by atoms with van der Waals surface area (Å²) < 4.78 is 0. The lowest BCUT2D eigenvalue weighted by Gasteiger charge is -2.15. The fourth-order valence-corrected chi connectivity index (χ4v) is 1.91. The summed E-state index contributed by atoms with van der Waals surface area (Å²) in [7, 11) is 2.21. The molecule has 1 saturated heterocycles. The Labute approximate surface area is 88.1 Å². The van der Waals surface area contributed by atoms with Gasteiger partial charge in [0.15, 0.2) is 0 Å². The molecule has 0 aromatic heterocycles. The van der Waals surface area contributed by atoms with Crippen molar-refractivity contribution >= 4 is 0 Å². The SMILES string of the molecule is CC#CCCNC1CCCN(C)CC1. The summed E-state index contributed by atoms with van der Waals surface area (Å²) in [4.78, 5) is 2.42.